The molecule has 1 fully saturated rings. The first-order valence-electron chi connectivity index (χ1n) is 7.05. The molecule has 0 aliphatic carbocycles. The van der Waals surface area contributed by atoms with Crippen LogP contribution in [-0.2, 0) is 6.18 Å². The van der Waals surface area contributed by atoms with E-state index in [0.29, 0.717) is 5.69 Å². The third-order valence-corrected chi connectivity index (χ3v) is 3.89. The van der Waals surface area contributed by atoms with E-state index in [2.05, 4.69) is 5.32 Å². The van der Waals surface area contributed by atoms with Crippen LogP contribution in [0.4, 0.5) is 23.7 Å². The summed E-state index contributed by atoms with van der Waals surface area (Å²) >= 11 is 0. The zero-order valence-corrected chi connectivity index (χ0v) is 12.1. The van der Waals surface area contributed by atoms with Gasteiger partial charge in [0.15, 0.2) is 0 Å². The van der Waals surface area contributed by atoms with Crippen molar-refractivity contribution in [3.05, 3.63) is 29.8 Å². The highest BCUT2D eigenvalue weighted by molar-refractivity contribution is 5.89. The normalized spacial score (nSPS) is 23.0. The van der Waals surface area contributed by atoms with Gasteiger partial charge in [0.1, 0.15) is 0 Å². The smallest absolute Gasteiger partial charge is 0.319 e. The second-order valence-electron chi connectivity index (χ2n) is 5.54. The zero-order chi connectivity index (χ0) is 15.6. The Morgan fingerprint density at radius 2 is 1.67 bits per heavy atom. The number of carbonyl (C=O) groups is 1. The Kier molecular flexibility index (Phi) is 4.44. The van der Waals surface area contributed by atoms with Crippen LogP contribution < -0.4 is 5.32 Å². The van der Waals surface area contributed by atoms with Crippen LogP contribution in [0.3, 0.4) is 0 Å². The minimum Gasteiger partial charge on any atom is -0.319 e. The van der Waals surface area contributed by atoms with E-state index in [4.69, 9.17) is 0 Å². The molecule has 116 valence electrons. The van der Waals surface area contributed by atoms with Crippen molar-refractivity contribution >= 4 is 11.7 Å². The van der Waals surface area contributed by atoms with Crippen molar-refractivity contribution in [3.8, 4) is 0 Å². The molecule has 2 rings (SSSR count). The molecule has 2 amide bonds. The first kappa shape index (κ1) is 15.7. The van der Waals surface area contributed by atoms with E-state index >= 15 is 0 Å². The van der Waals surface area contributed by atoms with Crippen molar-refractivity contribution in [2.75, 3.05) is 5.32 Å². The molecular formula is C15H19F3N2O. The Hall–Kier alpha value is -1.72. The molecule has 0 aromatic heterocycles. The summed E-state index contributed by atoms with van der Waals surface area (Å²) in [6, 6.07) is 4.53. The Morgan fingerprint density at radius 3 is 2.14 bits per heavy atom. The van der Waals surface area contributed by atoms with Crippen molar-refractivity contribution in [2.24, 2.45) is 0 Å². The van der Waals surface area contributed by atoms with Crippen molar-refractivity contribution in [1.82, 2.24) is 4.90 Å². The molecule has 2 atom stereocenters. The summed E-state index contributed by atoms with van der Waals surface area (Å²) in [7, 11) is 0. The van der Waals surface area contributed by atoms with Gasteiger partial charge in [-0.05, 0) is 57.4 Å². The Bertz CT molecular complexity index is 489. The standard InChI is InChI=1S/C15H19F3N2O/c1-10-4-3-5-11(2)20(10)14(21)19-13-8-6-12(7-9-13)15(16,17)18/h6-11H,3-5H2,1-2H3,(H,19,21). The minimum absolute atomic E-state index is 0.142. The number of rotatable bonds is 1. The maximum atomic E-state index is 12.5. The highest BCUT2D eigenvalue weighted by atomic mass is 19.4. The number of likely N-dealkylation sites (tertiary alicyclic amines) is 1. The van der Waals surface area contributed by atoms with Gasteiger partial charge in [-0.1, -0.05) is 0 Å². The second-order valence-corrected chi connectivity index (χ2v) is 5.54. The summed E-state index contributed by atoms with van der Waals surface area (Å²) < 4.78 is 37.4. The molecule has 1 aliphatic heterocycles. The quantitative estimate of drug-likeness (QED) is 0.813. The van der Waals surface area contributed by atoms with Gasteiger partial charge < -0.3 is 10.2 Å². The van der Waals surface area contributed by atoms with Crippen molar-refractivity contribution in [1.29, 1.82) is 0 Å². The largest absolute Gasteiger partial charge is 0.416 e. The molecular weight excluding hydrogens is 281 g/mol. The molecule has 0 radical (unpaired) electrons. The van der Waals surface area contributed by atoms with Crippen molar-refractivity contribution < 1.29 is 18.0 Å². The number of hydrogen-bond acceptors (Lipinski definition) is 1. The lowest BCUT2D eigenvalue weighted by Gasteiger charge is -2.38. The fraction of sp³-hybridized carbons (Fsp3) is 0.533. The molecule has 21 heavy (non-hydrogen) atoms. The van der Waals surface area contributed by atoms with Crippen LogP contribution >= 0.6 is 0 Å². The summed E-state index contributed by atoms with van der Waals surface area (Å²) in [5.74, 6) is 0. The van der Waals surface area contributed by atoms with Crippen molar-refractivity contribution in [3.63, 3.8) is 0 Å². The molecule has 6 heteroatoms. The van der Waals surface area contributed by atoms with Gasteiger partial charge in [-0.2, -0.15) is 13.2 Å². The summed E-state index contributed by atoms with van der Waals surface area (Å²) in [5.41, 5.74) is -0.349. The highest BCUT2D eigenvalue weighted by Crippen LogP contribution is 2.30. The predicted octanol–water partition coefficient (Wildman–Crippen LogP) is 4.50. The number of piperidine rings is 1. The summed E-state index contributed by atoms with van der Waals surface area (Å²) in [5, 5.41) is 2.67. The Balaban J connectivity index is 2.05. The predicted molar refractivity (Wildman–Crippen MR) is 75.1 cm³/mol. The Morgan fingerprint density at radius 1 is 1.14 bits per heavy atom. The maximum absolute atomic E-state index is 12.5. The zero-order valence-electron chi connectivity index (χ0n) is 12.1. The number of carbonyl (C=O) groups excluding carboxylic acids is 1. The maximum Gasteiger partial charge on any atom is 0.416 e. The van der Waals surface area contributed by atoms with Gasteiger partial charge in [0, 0.05) is 17.8 Å². The number of halogens is 3. The lowest BCUT2D eigenvalue weighted by molar-refractivity contribution is -0.137. The number of anilines is 1. The first-order chi connectivity index (χ1) is 9.79. The van der Waals surface area contributed by atoms with Crippen molar-refractivity contribution in [2.45, 2.75) is 51.4 Å². The third-order valence-electron chi connectivity index (χ3n) is 3.89. The van der Waals surface area contributed by atoms with E-state index in [-0.39, 0.29) is 18.1 Å². The summed E-state index contributed by atoms with van der Waals surface area (Å²) in [4.78, 5) is 14.0. The average Bonchev–Trinajstić information content (AvgIpc) is 2.38. The number of nitrogens with zero attached hydrogens (tertiary/aromatic N) is 1. The van der Waals surface area contributed by atoms with Crippen LogP contribution in [0.25, 0.3) is 0 Å². The molecule has 0 saturated carbocycles. The molecule has 1 aromatic carbocycles. The first-order valence-corrected chi connectivity index (χ1v) is 7.05. The average molecular weight is 300 g/mol. The Labute approximate surface area is 122 Å². The van der Waals surface area contributed by atoms with E-state index in [1.807, 2.05) is 13.8 Å². The molecule has 1 N–H and O–H groups in total. The molecule has 1 aromatic rings. The van der Waals surface area contributed by atoms with Gasteiger partial charge in [0.25, 0.3) is 0 Å². The lowest BCUT2D eigenvalue weighted by Crippen LogP contribution is -2.49. The van der Waals surface area contributed by atoms with Gasteiger partial charge in [0.05, 0.1) is 5.56 Å². The number of hydrogen-bond donors (Lipinski definition) is 1. The number of urea groups is 1. The van der Waals surface area contributed by atoms with E-state index in [1.54, 1.807) is 4.90 Å². The summed E-state index contributed by atoms with van der Waals surface area (Å²) in [6.45, 7) is 3.98. The van der Waals surface area contributed by atoms with E-state index in [9.17, 15) is 18.0 Å². The van der Waals surface area contributed by atoms with E-state index in [0.717, 1.165) is 31.4 Å². The number of benzene rings is 1. The van der Waals surface area contributed by atoms with Crippen LogP contribution in [0.2, 0.25) is 0 Å². The van der Waals surface area contributed by atoms with Crippen LogP contribution in [0.1, 0.15) is 38.7 Å². The fourth-order valence-electron chi connectivity index (χ4n) is 2.75. The van der Waals surface area contributed by atoms with Gasteiger partial charge in [-0.25, -0.2) is 4.79 Å². The minimum atomic E-state index is -4.36. The second kappa shape index (κ2) is 5.95. The monoisotopic (exact) mass is 300 g/mol. The van der Waals surface area contributed by atoms with Crippen LogP contribution in [0, 0.1) is 0 Å². The third kappa shape index (κ3) is 3.68. The van der Waals surface area contributed by atoms with E-state index < -0.39 is 11.7 Å². The SMILES string of the molecule is CC1CCCC(C)N1C(=O)Nc1ccc(C(F)(F)F)cc1. The molecule has 2 unspecified atom stereocenters. The van der Waals surface area contributed by atoms with Crippen LogP contribution in [-0.4, -0.2) is 23.0 Å². The number of amides is 2. The molecule has 1 aliphatic rings. The molecule has 0 spiro atoms. The lowest BCUT2D eigenvalue weighted by atomic mass is 9.98. The van der Waals surface area contributed by atoms with Crippen LogP contribution in [0.15, 0.2) is 24.3 Å². The number of nitrogens with one attached hydrogen (secondary N) is 1. The summed E-state index contributed by atoms with van der Waals surface area (Å²) in [6.07, 6.45) is -1.37. The molecule has 1 saturated heterocycles. The van der Waals surface area contributed by atoms with Gasteiger partial charge in [0.2, 0.25) is 0 Å². The highest BCUT2D eigenvalue weighted by Gasteiger charge is 2.31. The molecule has 0 bridgehead atoms. The molecule has 1 heterocycles. The fourth-order valence-corrected chi connectivity index (χ4v) is 2.75. The molecule has 3 nitrogen and oxygen atoms in total. The van der Waals surface area contributed by atoms with E-state index in [1.165, 1.54) is 12.1 Å². The van der Waals surface area contributed by atoms with Gasteiger partial charge in [-0.15, -0.1) is 0 Å². The van der Waals surface area contributed by atoms with Gasteiger partial charge >= 0.3 is 12.2 Å². The number of alkyl halides is 3. The van der Waals surface area contributed by atoms with Crippen LogP contribution in [0.5, 0.6) is 0 Å². The topological polar surface area (TPSA) is 32.3 Å². The van der Waals surface area contributed by atoms with Gasteiger partial charge in [-0.3, -0.25) is 0 Å².